The van der Waals surface area contributed by atoms with Crippen LogP contribution in [0.25, 0.3) is 0 Å². The maximum absolute atomic E-state index is 12.3. The zero-order chi connectivity index (χ0) is 14.0. The van der Waals surface area contributed by atoms with Crippen LogP contribution < -0.4 is 15.4 Å². The first-order valence-corrected chi connectivity index (χ1v) is 6.27. The van der Waals surface area contributed by atoms with Gasteiger partial charge in [-0.1, -0.05) is 0 Å². The van der Waals surface area contributed by atoms with Gasteiger partial charge in [0.05, 0.1) is 5.69 Å². The number of ether oxygens (including phenoxy) is 1. The van der Waals surface area contributed by atoms with Crippen LogP contribution in [0.4, 0.5) is 20.2 Å². The van der Waals surface area contributed by atoms with Crippen LogP contribution in [0.2, 0.25) is 0 Å². The summed E-state index contributed by atoms with van der Waals surface area (Å²) in [6, 6.07) is 5.45. The molecule has 2 N–H and O–H groups in total. The number of hydrogen-bond donors (Lipinski definition) is 1. The summed E-state index contributed by atoms with van der Waals surface area (Å²) in [5.41, 5.74) is 6.73. The van der Waals surface area contributed by atoms with Gasteiger partial charge in [-0.3, -0.25) is 0 Å². The van der Waals surface area contributed by atoms with Crippen molar-refractivity contribution in [3.05, 3.63) is 18.2 Å². The van der Waals surface area contributed by atoms with Crippen molar-refractivity contribution in [2.24, 2.45) is 0 Å². The number of nitrogen functional groups attached to an aromatic ring is 1. The summed E-state index contributed by atoms with van der Waals surface area (Å²) >= 11 is 0. The first kappa shape index (κ1) is 13.9. The van der Waals surface area contributed by atoms with Gasteiger partial charge in [-0.25, -0.2) is 0 Å². The number of benzene rings is 1. The van der Waals surface area contributed by atoms with E-state index in [0.717, 1.165) is 25.3 Å². The Hall–Kier alpha value is -1.56. The lowest BCUT2D eigenvalue weighted by atomic mass is 10.1. The molecule has 0 aromatic heterocycles. The van der Waals surface area contributed by atoms with Crippen LogP contribution in [-0.2, 0) is 0 Å². The molecule has 1 atom stereocenters. The van der Waals surface area contributed by atoms with Gasteiger partial charge in [0.25, 0.3) is 0 Å². The van der Waals surface area contributed by atoms with E-state index >= 15 is 0 Å². The van der Waals surface area contributed by atoms with Crippen molar-refractivity contribution in [3.63, 3.8) is 0 Å². The van der Waals surface area contributed by atoms with E-state index in [2.05, 4.69) is 28.5 Å². The van der Waals surface area contributed by atoms with Gasteiger partial charge < -0.3 is 20.3 Å². The van der Waals surface area contributed by atoms with Crippen molar-refractivity contribution in [2.45, 2.75) is 19.6 Å². The Morgan fingerprint density at radius 3 is 2.74 bits per heavy atom. The van der Waals surface area contributed by atoms with Crippen LogP contribution in [0.3, 0.4) is 0 Å². The average Bonchev–Trinajstić information content (AvgIpc) is 2.35. The highest BCUT2D eigenvalue weighted by Crippen LogP contribution is 2.30. The molecule has 1 aromatic rings. The van der Waals surface area contributed by atoms with Crippen LogP contribution in [0.5, 0.6) is 5.75 Å². The van der Waals surface area contributed by atoms with E-state index in [-0.39, 0.29) is 11.4 Å². The SMILES string of the molecule is C[C@H]1CN(c2ccc(N)c(OC(F)F)c2)CCN1C. The molecule has 6 heteroatoms. The predicted octanol–water partition coefficient (Wildman–Crippen LogP) is 2.01. The molecule has 1 aliphatic rings. The monoisotopic (exact) mass is 271 g/mol. The van der Waals surface area contributed by atoms with Crippen LogP contribution in [0.1, 0.15) is 6.92 Å². The van der Waals surface area contributed by atoms with Crippen molar-refractivity contribution in [3.8, 4) is 5.75 Å². The molecule has 4 nitrogen and oxygen atoms in total. The minimum atomic E-state index is -2.86. The van der Waals surface area contributed by atoms with Crippen molar-refractivity contribution in [1.82, 2.24) is 4.90 Å². The Morgan fingerprint density at radius 1 is 1.37 bits per heavy atom. The summed E-state index contributed by atoms with van der Waals surface area (Å²) in [6.07, 6.45) is 0. The van der Waals surface area contributed by atoms with Gasteiger partial charge in [-0.2, -0.15) is 8.78 Å². The highest BCUT2D eigenvalue weighted by molar-refractivity contribution is 5.62. The van der Waals surface area contributed by atoms with Crippen LogP contribution in [0.15, 0.2) is 18.2 Å². The van der Waals surface area contributed by atoms with Crippen molar-refractivity contribution < 1.29 is 13.5 Å². The average molecular weight is 271 g/mol. The number of hydrogen-bond acceptors (Lipinski definition) is 4. The van der Waals surface area contributed by atoms with Crippen molar-refractivity contribution in [1.29, 1.82) is 0 Å². The highest BCUT2D eigenvalue weighted by atomic mass is 19.3. The fourth-order valence-electron chi connectivity index (χ4n) is 2.20. The molecule has 19 heavy (non-hydrogen) atoms. The summed E-state index contributed by atoms with van der Waals surface area (Å²) < 4.78 is 29.0. The molecule has 0 saturated carbocycles. The summed E-state index contributed by atoms with van der Waals surface area (Å²) in [6.45, 7) is 1.94. The lowest BCUT2D eigenvalue weighted by Gasteiger charge is -2.39. The van der Waals surface area contributed by atoms with Gasteiger partial charge in [-0.05, 0) is 26.1 Å². The standard InChI is InChI=1S/C13H19F2N3O/c1-9-8-18(6-5-17(9)2)10-3-4-11(16)12(7-10)19-13(14)15/h3-4,7,9,13H,5-6,8,16H2,1-2H3/t9-/m0/s1. The summed E-state index contributed by atoms with van der Waals surface area (Å²) in [5, 5.41) is 0. The van der Waals surface area contributed by atoms with E-state index in [0.29, 0.717) is 6.04 Å². The first-order valence-electron chi connectivity index (χ1n) is 6.27. The highest BCUT2D eigenvalue weighted by Gasteiger charge is 2.21. The van der Waals surface area contributed by atoms with Gasteiger partial charge in [-0.15, -0.1) is 0 Å². The lowest BCUT2D eigenvalue weighted by Crippen LogP contribution is -2.50. The number of halogens is 2. The molecule has 0 spiro atoms. The zero-order valence-corrected chi connectivity index (χ0v) is 11.1. The van der Waals surface area contributed by atoms with Crippen molar-refractivity contribution >= 4 is 11.4 Å². The molecule has 1 aliphatic heterocycles. The molecule has 0 radical (unpaired) electrons. The van der Waals surface area contributed by atoms with E-state index in [1.165, 1.54) is 0 Å². The molecule has 1 heterocycles. The Bertz CT molecular complexity index is 442. The van der Waals surface area contributed by atoms with E-state index in [1.54, 1.807) is 12.1 Å². The topological polar surface area (TPSA) is 41.7 Å². The van der Waals surface area contributed by atoms with Gasteiger partial charge >= 0.3 is 6.61 Å². The Balaban J connectivity index is 2.16. The number of anilines is 2. The number of alkyl halides is 2. The normalized spacial score (nSPS) is 20.9. The number of nitrogens with zero attached hydrogens (tertiary/aromatic N) is 2. The van der Waals surface area contributed by atoms with Crippen LogP contribution in [0, 0.1) is 0 Å². The molecule has 0 unspecified atom stereocenters. The van der Waals surface area contributed by atoms with E-state index in [4.69, 9.17) is 5.73 Å². The number of nitrogens with two attached hydrogens (primary N) is 1. The van der Waals surface area contributed by atoms with Crippen LogP contribution >= 0.6 is 0 Å². The molecule has 0 bridgehead atoms. The molecule has 106 valence electrons. The third-order valence-electron chi connectivity index (χ3n) is 3.54. The fraction of sp³-hybridized carbons (Fsp3) is 0.538. The molecule has 2 rings (SSSR count). The third kappa shape index (κ3) is 3.26. The minimum absolute atomic E-state index is 0.0408. The number of piperazine rings is 1. The molecule has 1 fully saturated rings. The van der Waals surface area contributed by atoms with E-state index in [1.807, 2.05) is 6.07 Å². The predicted molar refractivity (Wildman–Crippen MR) is 71.8 cm³/mol. The number of rotatable bonds is 3. The molecule has 0 amide bonds. The quantitative estimate of drug-likeness (QED) is 0.854. The maximum atomic E-state index is 12.3. The van der Waals surface area contributed by atoms with Gasteiger partial charge in [0.2, 0.25) is 0 Å². The largest absolute Gasteiger partial charge is 0.433 e. The Kier molecular flexibility index (Phi) is 4.09. The fourth-order valence-corrected chi connectivity index (χ4v) is 2.20. The Morgan fingerprint density at radius 2 is 2.11 bits per heavy atom. The van der Waals surface area contributed by atoms with Crippen molar-refractivity contribution in [2.75, 3.05) is 37.3 Å². The van der Waals surface area contributed by atoms with Gasteiger partial charge in [0.1, 0.15) is 0 Å². The Labute approximate surface area is 111 Å². The van der Waals surface area contributed by atoms with Gasteiger partial charge in [0, 0.05) is 37.4 Å². The second-order valence-electron chi connectivity index (χ2n) is 4.88. The van der Waals surface area contributed by atoms with Crippen LogP contribution in [-0.4, -0.2) is 44.2 Å². The molecular formula is C13H19F2N3O. The second kappa shape index (κ2) is 5.61. The third-order valence-corrected chi connectivity index (χ3v) is 3.54. The zero-order valence-electron chi connectivity index (χ0n) is 11.1. The summed E-state index contributed by atoms with van der Waals surface area (Å²) in [7, 11) is 2.08. The smallest absolute Gasteiger partial charge is 0.387 e. The minimum Gasteiger partial charge on any atom is -0.433 e. The summed E-state index contributed by atoms with van der Waals surface area (Å²) in [4.78, 5) is 4.42. The molecular weight excluding hydrogens is 252 g/mol. The number of likely N-dealkylation sites (N-methyl/N-ethyl adjacent to an activating group) is 1. The van der Waals surface area contributed by atoms with E-state index < -0.39 is 6.61 Å². The maximum Gasteiger partial charge on any atom is 0.387 e. The first-order chi connectivity index (χ1) is 8.97. The summed E-state index contributed by atoms with van der Waals surface area (Å²) in [5.74, 6) is 0.0408. The van der Waals surface area contributed by atoms with Gasteiger partial charge in [0.15, 0.2) is 5.75 Å². The van der Waals surface area contributed by atoms with E-state index in [9.17, 15) is 8.78 Å². The lowest BCUT2D eigenvalue weighted by molar-refractivity contribution is -0.0493. The molecule has 1 saturated heterocycles. The molecule has 0 aliphatic carbocycles. The molecule has 1 aromatic carbocycles. The second-order valence-corrected chi connectivity index (χ2v) is 4.88.